The summed E-state index contributed by atoms with van der Waals surface area (Å²) in [7, 11) is 1.60. The quantitative estimate of drug-likeness (QED) is 0.804. The molecular formula is C17H17FN4O. The van der Waals surface area contributed by atoms with Crippen molar-refractivity contribution >= 4 is 0 Å². The van der Waals surface area contributed by atoms with Crippen LogP contribution in [-0.4, -0.2) is 22.1 Å². The van der Waals surface area contributed by atoms with Gasteiger partial charge in [0.25, 0.3) is 0 Å². The Bertz CT molecular complexity index is 827. The van der Waals surface area contributed by atoms with Crippen molar-refractivity contribution in [2.75, 3.05) is 7.11 Å². The minimum Gasteiger partial charge on any atom is -0.494 e. The lowest BCUT2D eigenvalue weighted by Crippen LogP contribution is -2.04. The van der Waals surface area contributed by atoms with Gasteiger partial charge in [0.05, 0.1) is 12.8 Å². The average Bonchev–Trinajstić information content (AvgIpc) is 2.99. The predicted molar refractivity (Wildman–Crippen MR) is 85.9 cm³/mol. The van der Waals surface area contributed by atoms with E-state index in [9.17, 15) is 4.39 Å². The number of aryl methyl sites for hydroxylation is 1. The van der Waals surface area contributed by atoms with Crippen molar-refractivity contribution < 1.29 is 9.13 Å². The summed E-state index contributed by atoms with van der Waals surface area (Å²) in [6, 6.07) is 12.0. The molecule has 0 aliphatic carbocycles. The molecule has 0 bridgehead atoms. The highest BCUT2D eigenvalue weighted by molar-refractivity contribution is 5.66. The third-order valence-electron chi connectivity index (χ3n) is 3.61. The molecule has 2 N–H and O–H groups in total. The van der Waals surface area contributed by atoms with Crippen molar-refractivity contribution in [2.45, 2.75) is 13.5 Å². The molecule has 0 amide bonds. The second kappa shape index (κ2) is 6.18. The molecule has 0 saturated heterocycles. The average molecular weight is 312 g/mol. The van der Waals surface area contributed by atoms with Gasteiger partial charge in [-0.05, 0) is 48.9 Å². The highest BCUT2D eigenvalue weighted by Crippen LogP contribution is 2.30. The molecular weight excluding hydrogens is 295 g/mol. The van der Waals surface area contributed by atoms with Crippen LogP contribution < -0.4 is 10.5 Å². The van der Waals surface area contributed by atoms with Crippen LogP contribution in [0.3, 0.4) is 0 Å². The van der Waals surface area contributed by atoms with E-state index in [1.807, 2.05) is 25.1 Å². The summed E-state index contributed by atoms with van der Waals surface area (Å²) in [5, 5.41) is 8.37. The molecule has 1 aromatic heterocycles. The zero-order chi connectivity index (χ0) is 16.4. The lowest BCUT2D eigenvalue weighted by atomic mass is 10.1. The SMILES string of the molecule is COc1ccc(C)cc1-n1nnc(CN)c1-c1ccc(F)cc1. The molecule has 6 heteroatoms. The topological polar surface area (TPSA) is 66.0 Å². The summed E-state index contributed by atoms with van der Waals surface area (Å²) in [6.07, 6.45) is 0. The molecule has 0 unspecified atom stereocenters. The zero-order valence-corrected chi connectivity index (χ0v) is 13.0. The van der Waals surface area contributed by atoms with Crippen LogP contribution in [0.2, 0.25) is 0 Å². The summed E-state index contributed by atoms with van der Waals surface area (Å²) in [4.78, 5) is 0. The van der Waals surface area contributed by atoms with E-state index in [0.717, 1.165) is 22.5 Å². The number of methoxy groups -OCH3 is 1. The Morgan fingerprint density at radius 3 is 2.57 bits per heavy atom. The Balaban J connectivity index is 2.24. The normalized spacial score (nSPS) is 10.8. The minimum atomic E-state index is -0.296. The first-order valence-corrected chi connectivity index (χ1v) is 7.19. The molecule has 5 nitrogen and oxygen atoms in total. The van der Waals surface area contributed by atoms with Crippen LogP contribution >= 0.6 is 0 Å². The van der Waals surface area contributed by atoms with Gasteiger partial charge in [0, 0.05) is 12.1 Å². The van der Waals surface area contributed by atoms with E-state index in [2.05, 4.69) is 10.3 Å². The smallest absolute Gasteiger partial charge is 0.144 e. The molecule has 0 radical (unpaired) electrons. The maximum absolute atomic E-state index is 13.2. The standard InChI is InChI=1S/C17H17FN4O/c1-11-3-8-16(23-2)15(9-11)22-17(14(10-19)20-21-22)12-4-6-13(18)7-5-12/h3-9H,10,19H2,1-2H3. The Kier molecular flexibility index (Phi) is 4.08. The van der Waals surface area contributed by atoms with Crippen LogP contribution in [0.1, 0.15) is 11.3 Å². The largest absolute Gasteiger partial charge is 0.494 e. The molecule has 118 valence electrons. The van der Waals surface area contributed by atoms with Crippen LogP contribution in [0.25, 0.3) is 16.9 Å². The van der Waals surface area contributed by atoms with Gasteiger partial charge in [0.2, 0.25) is 0 Å². The van der Waals surface area contributed by atoms with Gasteiger partial charge in [-0.15, -0.1) is 5.10 Å². The van der Waals surface area contributed by atoms with Crippen LogP contribution in [0.5, 0.6) is 5.75 Å². The Morgan fingerprint density at radius 1 is 1.17 bits per heavy atom. The lowest BCUT2D eigenvalue weighted by molar-refractivity contribution is 0.411. The summed E-state index contributed by atoms with van der Waals surface area (Å²) >= 11 is 0. The van der Waals surface area contributed by atoms with Gasteiger partial charge in [-0.1, -0.05) is 11.3 Å². The number of halogens is 1. The highest BCUT2D eigenvalue weighted by Gasteiger charge is 2.18. The molecule has 0 fully saturated rings. The van der Waals surface area contributed by atoms with Crippen molar-refractivity contribution in [3.8, 4) is 22.7 Å². The van der Waals surface area contributed by atoms with Crippen LogP contribution in [0.4, 0.5) is 4.39 Å². The Morgan fingerprint density at radius 2 is 1.91 bits per heavy atom. The first-order chi connectivity index (χ1) is 11.1. The third kappa shape index (κ3) is 2.80. The van der Waals surface area contributed by atoms with Crippen LogP contribution in [-0.2, 0) is 6.54 Å². The number of benzene rings is 2. The van der Waals surface area contributed by atoms with Crippen molar-refractivity contribution in [3.05, 3.63) is 59.5 Å². The predicted octanol–water partition coefficient (Wildman–Crippen LogP) is 2.85. The number of ether oxygens (including phenoxy) is 1. The third-order valence-corrected chi connectivity index (χ3v) is 3.61. The van der Waals surface area contributed by atoms with E-state index in [0.29, 0.717) is 11.4 Å². The number of nitrogens with zero attached hydrogens (tertiary/aromatic N) is 3. The first kappa shape index (κ1) is 15.2. The molecule has 1 heterocycles. The molecule has 0 aliphatic heterocycles. The first-order valence-electron chi connectivity index (χ1n) is 7.19. The molecule has 23 heavy (non-hydrogen) atoms. The van der Waals surface area contributed by atoms with Gasteiger partial charge in [0.15, 0.2) is 0 Å². The fraction of sp³-hybridized carbons (Fsp3) is 0.176. The maximum atomic E-state index is 13.2. The fourth-order valence-electron chi connectivity index (χ4n) is 2.48. The summed E-state index contributed by atoms with van der Waals surface area (Å²) in [5.74, 6) is 0.377. The van der Waals surface area contributed by atoms with E-state index in [4.69, 9.17) is 10.5 Å². The van der Waals surface area contributed by atoms with Gasteiger partial charge in [0.1, 0.15) is 22.9 Å². The summed E-state index contributed by atoms with van der Waals surface area (Å²) < 4.78 is 20.3. The fourth-order valence-corrected chi connectivity index (χ4v) is 2.48. The highest BCUT2D eigenvalue weighted by atomic mass is 19.1. The molecule has 0 spiro atoms. The van der Waals surface area contributed by atoms with Gasteiger partial charge in [-0.2, -0.15) is 0 Å². The Labute approximate surface area is 133 Å². The molecule has 0 atom stereocenters. The van der Waals surface area contributed by atoms with E-state index >= 15 is 0 Å². The van der Waals surface area contributed by atoms with Gasteiger partial charge < -0.3 is 10.5 Å². The van der Waals surface area contributed by atoms with E-state index in [1.54, 1.807) is 23.9 Å². The lowest BCUT2D eigenvalue weighted by Gasteiger charge is -2.12. The number of nitrogens with two attached hydrogens (primary N) is 1. The van der Waals surface area contributed by atoms with Crippen LogP contribution in [0.15, 0.2) is 42.5 Å². The summed E-state index contributed by atoms with van der Waals surface area (Å²) in [6.45, 7) is 2.22. The van der Waals surface area contributed by atoms with Gasteiger partial charge in [-0.3, -0.25) is 0 Å². The number of hydrogen-bond donors (Lipinski definition) is 1. The van der Waals surface area contributed by atoms with Crippen molar-refractivity contribution in [3.63, 3.8) is 0 Å². The molecule has 0 saturated carbocycles. The van der Waals surface area contributed by atoms with Gasteiger partial charge >= 0.3 is 0 Å². The molecule has 3 aromatic rings. The van der Waals surface area contributed by atoms with Gasteiger partial charge in [-0.25, -0.2) is 9.07 Å². The number of hydrogen-bond acceptors (Lipinski definition) is 4. The summed E-state index contributed by atoms with van der Waals surface area (Å²) in [5.41, 5.74) is 9.78. The van der Waals surface area contributed by atoms with E-state index in [-0.39, 0.29) is 12.4 Å². The second-order valence-corrected chi connectivity index (χ2v) is 5.18. The number of aromatic nitrogens is 3. The van der Waals surface area contributed by atoms with Crippen molar-refractivity contribution in [2.24, 2.45) is 5.73 Å². The molecule has 3 rings (SSSR count). The van der Waals surface area contributed by atoms with E-state index < -0.39 is 0 Å². The molecule has 0 aliphatic rings. The van der Waals surface area contributed by atoms with Crippen molar-refractivity contribution in [1.29, 1.82) is 0 Å². The Hall–Kier alpha value is -2.73. The maximum Gasteiger partial charge on any atom is 0.144 e. The zero-order valence-electron chi connectivity index (χ0n) is 13.0. The van der Waals surface area contributed by atoms with E-state index in [1.165, 1.54) is 12.1 Å². The molecule has 2 aromatic carbocycles. The number of rotatable bonds is 4. The van der Waals surface area contributed by atoms with Crippen LogP contribution in [0, 0.1) is 12.7 Å². The minimum absolute atomic E-state index is 0.237. The van der Waals surface area contributed by atoms with Crippen molar-refractivity contribution in [1.82, 2.24) is 15.0 Å². The monoisotopic (exact) mass is 312 g/mol. The second-order valence-electron chi connectivity index (χ2n) is 5.18.